The lowest BCUT2D eigenvalue weighted by Crippen LogP contribution is -2.32. The molecular weight excluding hydrogens is 400 g/mol. The van der Waals surface area contributed by atoms with Gasteiger partial charge in [0.05, 0.1) is 16.6 Å². The Morgan fingerprint density at radius 2 is 2.18 bits per heavy atom. The number of nitrogens with one attached hydrogen (secondary N) is 2. The molecule has 1 aliphatic rings. The Balaban J connectivity index is 1.44. The highest BCUT2D eigenvalue weighted by molar-refractivity contribution is 8.01. The van der Waals surface area contributed by atoms with Crippen molar-refractivity contribution in [2.45, 2.75) is 23.5 Å². The van der Waals surface area contributed by atoms with Crippen LogP contribution in [0.2, 0.25) is 5.02 Å². The van der Waals surface area contributed by atoms with Gasteiger partial charge in [0.1, 0.15) is 0 Å². The van der Waals surface area contributed by atoms with Crippen molar-refractivity contribution >= 4 is 46.6 Å². The number of fused-ring (bicyclic) bond motifs is 1. The molecule has 0 radical (unpaired) electrons. The Hall–Kier alpha value is -2.91. The lowest BCUT2D eigenvalue weighted by Gasteiger charge is -2.23. The summed E-state index contributed by atoms with van der Waals surface area (Å²) in [4.78, 5) is 25.7. The summed E-state index contributed by atoms with van der Waals surface area (Å²) in [5, 5.41) is 17.1. The third kappa shape index (κ3) is 3.85. The number of nitrogens with zero attached hydrogens (tertiary/aromatic N) is 4. The zero-order chi connectivity index (χ0) is 19.7. The number of carbonyl (C=O) groups is 2. The first-order valence-electron chi connectivity index (χ1n) is 8.42. The lowest BCUT2D eigenvalue weighted by molar-refractivity contribution is -0.120. The van der Waals surface area contributed by atoms with Gasteiger partial charge in [-0.15, -0.1) is 16.9 Å². The standard InChI is InChI=1S/C18H15ClN6O2S/c1-10-22-23-24-25(10)13-4-2-3-12(8-13)20-17(26)9-16-18(27)21-14-7-11(19)5-6-15(14)28-16/h2-8,16H,9H2,1H3,(H,20,26)(H,21,27). The average Bonchev–Trinajstić information content (AvgIpc) is 3.09. The lowest BCUT2D eigenvalue weighted by atomic mass is 10.2. The van der Waals surface area contributed by atoms with E-state index in [2.05, 4.69) is 26.2 Å². The van der Waals surface area contributed by atoms with Gasteiger partial charge in [-0.05, 0) is 53.7 Å². The van der Waals surface area contributed by atoms with Crippen molar-refractivity contribution in [2.75, 3.05) is 10.6 Å². The van der Waals surface area contributed by atoms with Crippen molar-refractivity contribution in [1.29, 1.82) is 0 Å². The zero-order valence-electron chi connectivity index (χ0n) is 14.7. The predicted molar refractivity (Wildman–Crippen MR) is 107 cm³/mol. The van der Waals surface area contributed by atoms with E-state index in [1.807, 2.05) is 12.1 Å². The van der Waals surface area contributed by atoms with Gasteiger partial charge in [0.15, 0.2) is 5.82 Å². The summed E-state index contributed by atoms with van der Waals surface area (Å²) in [6.45, 7) is 1.79. The molecular formula is C18H15ClN6O2S. The Kier molecular flexibility index (Phi) is 5.01. The average molecular weight is 415 g/mol. The Labute approximate surface area is 169 Å². The van der Waals surface area contributed by atoms with Crippen LogP contribution >= 0.6 is 23.4 Å². The Morgan fingerprint density at radius 1 is 1.32 bits per heavy atom. The first-order valence-corrected chi connectivity index (χ1v) is 9.68. The molecule has 0 aliphatic carbocycles. The Morgan fingerprint density at radius 3 is 2.96 bits per heavy atom. The molecule has 0 spiro atoms. The topological polar surface area (TPSA) is 102 Å². The Bertz CT molecular complexity index is 1070. The molecule has 4 rings (SSSR count). The van der Waals surface area contributed by atoms with Crippen LogP contribution in [0.15, 0.2) is 47.4 Å². The fourth-order valence-corrected chi connectivity index (χ4v) is 4.09. The second-order valence-corrected chi connectivity index (χ2v) is 7.86. The molecule has 2 amide bonds. The molecule has 2 aromatic carbocycles. The molecule has 2 heterocycles. The maximum Gasteiger partial charge on any atom is 0.238 e. The van der Waals surface area contributed by atoms with Gasteiger partial charge in [-0.3, -0.25) is 9.59 Å². The van der Waals surface area contributed by atoms with Crippen molar-refractivity contribution in [3.8, 4) is 5.69 Å². The van der Waals surface area contributed by atoms with Crippen molar-refractivity contribution in [2.24, 2.45) is 0 Å². The summed E-state index contributed by atoms with van der Waals surface area (Å²) in [5.41, 5.74) is 2.00. The van der Waals surface area contributed by atoms with Gasteiger partial charge in [0.2, 0.25) is 11.8 Å². The largest absolute Gasteiger partial charge is 0.326 e. The number of aromatic nitrogens is 4. The summed E-state index contributed by atoms with van der Waals surface area (Å²) >= 11 is 7.31. The number of amides is 2. The summed E-state index contributed by atoms with van der Waals surface area (Å²) in [6.07, 6.45) is 0.0483. The van der Waals surface area contributed by atoms with E-state index in [1.54, 1.807) is 41.9 Å². The molecule has 3 aromatic rings. The van der Waals surface area contributed by atoms with Crippen molar-refractivity contribution < 1.29 is 9.59 Å². The van der Waals surface area contributed by atoms with Gasteiger partial charge in [-0.25, -0.2) is 0 Å². The smallest absolute Gasteiger partial charge is 0.238 e. The number of anilines is 2. The number of hydrogen-bond donors (Lipinski definition) is 2. The molecule has 0 bridgehead atoms. The SMILES string of the molecule is Cc1nnnn1-c1cccc(NC(=O)CC2Sc3ccc(Cl)cc3NC2=O)c1. The van der Waals surface area contributed by atoms with Crippen LogP contribution in [-0.2, 0) is 9.59 Å². The first kappa shape index (κ1) is 18.5. The first-order chi connectivity index (χ1) is 13.5. The number of thioether (sulfide) groups is 1. The quantitative estimate of drug-likeness (QED) is 0.680. The number of tetrazole rings is 1. The molecule has 0 saturated carbocycles. The van der Waals surface area contributed by atoms with E-state index < -0.39 is 5.25 Å². The van der Waals surface area contributed by atoms with E-state index in [1.165, 1.54) is 11.8 Å². The molecule has 1 unspecified atom stereocenters. The van der Waals surface area contributed by atoms with Gasteiger partial charge in [0.25, 0.3) is 0 Å². The van der Waals surface area contributed by atoms with Gasteiger partial charge in [-0.1, -0.05) is 17.7 Å². The number of hydrogen-bond acceptors (Lipinski definition) is 6. The predicted octanol–water partition coefficient (Wildman–Crippen LogP) is 3.07. The van der Waals surface area contributed by atoms with E-state index in [4.69, 9.17) is 11.6 Å². The molecule has 142 valence electrons. The van der Waals surface area contributed by atoms with Crippen LogP contribution in [0.1, 0.15) is 12.2 Å². The third-order valence-corrected chi connectivity index (χ3v) is 5.64. The highest BCUT2D eigenvalue weighted by Gasteiger charge is 2.29. The molecule has 1 atom stereocenters. The van der Waals surface area contributed by atoms with E-state index in [0.29, 0.717) is 22.2 Å². The summed E-state index contributed by atoms with van der Waals surface area (Å²) in [7, 11) is 0. The van der Waals surface area contributed by atoms with E-state index >= 15 is 0 Å². The summed E-state index contributed by atoms with van der Waals surface area (Å²) < 4.78 is 1.57. The maximum atomic E-state index is 12.5. The zero-order valence-corrected chi connectivity index (χ0v) is 16.3. The minimum Gasteiger partial charge on any atom is -0.326 e. The van der Waals surface area contributed by atoms with Crippen LogP contribution in [-0.4, -0.2) is 37.3 Å². The second kappa shape index (κ2) is 7.61. The van der Waals surface area contributed by atoms with Crippen LogP contribution in [0.5, 0.6) is 0 Å². The molecule has 8 nitrogen and oxygen atoms in total. The molecule has 0 saturated heterocycles. The number of carbonyl (C=O) groups excluding carboxylic acids is 2. The molecule has 1 aromatic heterocycles. The third-order valence-electron chi connectivity index (χ3n) is 4.13. The number of rotatable bonds is 4. The van der Waals surface area contributed by atoms with E-state index in [-0.39, 0.29) is 18.2 Å². The minimum atomic E-state index is -0.515. The molecule has 10 heteroatoms. The highest BCUT2D eigenvalue weighted by Crippen LogP contribution is 2.38. The number of aryl methyl sites for hydroxylation is 1. The van der Waals surface area contributed by atoms with Gasteiger partial charge in [-0.2, -0.15) is 4.68 Å². The van der Waals surface area contributed by atoms with Gasteiger partial charge >= 0.3 is 0 Å². The van der Waals surface area contributed by atoms with Crippen LogP contribution in [0.3, 0.4) is 0 Å². The molecule has 28 heavy (non-hydrogen) atoms. The number of halogens is 1. The van der Waals surface area contributed by atoms with E-state index in [9.17, 15) is 9.59 Å². The van der Waals surface area contributed by atoms with Crippen LogP contribution < -0.4 is 10.6 Å². The van der Waals surface area contributed by atoms with Crippen molar-refractivity contribution in [1.82, 2.24) is 20.2 Å². The van der Waals surface area contributed by atoms with E-state index in [0.717, 1.165) is 10.6 Å². The van der Waals surface area contributed by atoms with Crippen molar-refractivity contribution in [3.05, 3.63) is 53.3 Å². The fourth-order valence-electron chi connectivity index (χ4n) is 2.82. The minimum absolute atomic E-state index is 0.0483. The number of benzene rings is 2. The summed E-state index contributed by atoms with van der Waals surface area (Å²) in [5.74, 6) is 0.168. The van der Waals surface area contributed by atoms with Crippen molar-refractivity contribution in [3.63, 3.8) is 0 Å². The summed E-state index contributed by atoms with van der Waals surface area (Å²) in [6, 6.07) is 12.5. The highest BCUT2D eigenvalue weighted by atomic mass is 35.5. The molecule has 2 N–H and O–H groups in total. The van der Waals surface area contributed by atoms with Crippen LogP contribution in [0, 0.1) is 6.92 Å². The monoisotopic (exact) mass is 414 g/mol. The normalized spacial score (nSPS) is 15.6. The maximum absolute atomic E-state index is 12.5. The second-order valence-electron chi connectivity index (χ2n) is 6.18. The van der Waals surface area contributed by atoms with Gasteiger partial charge < -0.3 is 10.6 Å². The molecule has 1 aliphatic heterocycles. The van der Waals surface area contributed by atoms with Crippen LogP contribution in [0.4, 0.5) is 11.4 Å². The van der Waals surface area contributed by atoms with Gasteiger partial charge in [0, 0.05) is 22.0 Å². The van der Waals surface area contributed by atoms with Crippen LogP contribution in [0.25, 0.3) is 5.69 Å². The fraction of sp³-hybridized carbons (Fsp3) is 0.167. The molecule has 0 fully saturated rings.